The van der Waals surface area contributed by atoms with E-state index in [1.165, 1.54) is 12.3 Å². The van der Waals surface area contributed by atoms with Gasteiger partial charge < -0.3 is 9.73 Å². The number of carbonyl (C=O) groups is 1. The van der Waals surface area contributed by atoms with Crippen LogP contribution in [0.2, 0.25) is 0 Å². The second-order valence-electron chi connectivity index (χ2n) is 3.22. The molecule has 0 fully saturated rings. The number of halogens is 3. The summed E-state index contributed by atoms with van der Waals surface area (Å²) in [6.45, 7) is 0. The van der Waals surface area contributed by atoms with Gasteiger partial charge in [-0.15, -0.1) is 0 Å². The lowest BCUT2D eigenvalue weighted by atomic mass is 10.2. The molecule has 88 valence electrons. The quantitative estimate of drug-likeness (QED) is 0.921. The minimum atomic E-state index is -0.758. The second-order valence-corrected chi connectivity index (χ2v) is 3.94. The summed E-state index contributed by atoms with van der Waals surface area (Å²) in [7, 11) is 0. The van der Waals surface area contributed by atoms with Gasteiger partial charge >= 0.3 is 0 Å². The normalized spacial score (nSPS) is 10.3. The number of benzene rings is 1. The third kappa shape index (κ3) is 2.71. The van der Waals surface area contributed by atoms with E-state index in [9.17, 15) is 13.6 Å². The Hall–Kier alpha value is -1.69. The van der Waals surface area contributed by atoms with Crippen molar-refractivity contribution < 1.29 is 18.0 Å². The van der Waals surface area contributed by atoms with Gasteiger partial charge in [-0.2, -0.15) is 0 Å². The maximum absolute atomic E-state index is 12.9. The first kappa shape index (κ1) is 11.8. The third-order valence-corrected chi connectivity index (χ3v) is 2.60. The van der Waals surface area contributed by atoms with Gasteiger partial charge in [0.1, 0.15) is 11.6 Å². The largest absolute Gasteiger partial charge is 0.457 e. The average molecular weight is 302 g/mol. The van der Waals surface area contributed by atoms with Crippen molar-refractivity contribution in [2.75, 3.05) is 5.32 Å². The molecule has 0 aliphatic heterocycles. The van der Waals surface area contributed by atoms with E-state index in [0.717, 1.165) is 18.2 Å². The molecular formula is C11H6BrF2NO2. The minimum Gasteiger partial charge on any atom is -0.457 e. The third-order valence-electron chi connectivity index (χ3n) is 1.98. The molecule has 17 heavy (non-hydrogen) atoms. The maximum atomic E-state index is 12.9. The molecule has 0 bridgehead atoms. The molecule has 1 heterocycles. The molecule has 2 aromatic rings. The molecule has 6 heteroatoms. The predicted octanol–water partition coefficient (Wildman–Crippen LogP) is 3.57. The molecule has 2 rings (SSSR count). The number of hydrogen-bond donors (Lipinski definition) is 1. The Balaban J connectivity index is 2.21. The van der Waals surface area contributed by atoms with Gasteiger partial charge in [-0.25, -0.2) is 8.78 Å². The van der Waals surface area contributed by atoms with Crippen LogP contribution in [0.5, 0.6) is 0 Å². The average Bonchev–Trinajstić information content (AvgIpc) is 2.62. The van der Waals surface area contributed by atoms with Crippen molar-refractivity contribution in [1.29, 1.82) is 0 Å². The van der Waals surface area contributed by atoms with Crippen LogP contribution in [0.25, 0.3) is 0 Å². The van der Waals surface area contributed by atoms with Crippen LogP contribution < -0.4 is 5.32 Å². The van der Waals surface area contributed by atoms with Gasteiger partial charge in [0.25, 0.3) is 5.91 Å². The van der Waals surface area contributed by atoms with Crippen LogP contribution in [0, 0.1) is 11.6 Å². The highest BCUT2D eigenvalue weighted by atomic mass is 79.9. The van der Waals surface area contributed by atoms with Gasteiger partial charge in [-0.05, 0) is 34.1 Å². The fourth-order valence-electron chi connectivity index (χ4n) is 1.28. The molecule has 0 saturated heterocycles. The van der Waals surface area contributed by atoms with Crippen LogP contribution in [0.15, 0.2) is 39.6 Å². The van der Waals surface area contributed by atoms with Crippen LogP contribution in [0.3, 0.4) is 0 Å². The van der Waals surface area contributed by atoms with Gasteiger partial charge in [0.15, 0.2) is 4.67 Å². The molecular weight excluding hydrogens is 296 g/mol. The van der Waals surface area contributed by atoms with Crippen molar-refractivity contribution in [3.05, 3.63) is 52.4 Å². The van der Waals surface area contributed by atoms with Crippen LogP contribution in [-0.2, 0) is 0 Å². The Morgan fingerprint density at radius 3 is 2.41 bits per heavy atom. The van der Waals surface area contributed by atoms with Crippen molar-refractivity contribution in [1.82, 2.24) is 0 Å². The summed E-state index contributed by atoms with van der Waals surface area (Å²) in [6, 6.07) is 4.21. The minimum absolute atomic E-state index is 0.0422. The van der Waals surface area contributed by atoms with E-state index < -0.39 is 17.5 Å². The van der Waals surface area contributed by atoms with Gasteiger partial charge in [-0.3, -0.25) is 4.79 Å². The lowest BCUT2D eigenvalue weighted by molar-refractivity contribution is 0.102. The Morgan fingerprint density at radius 1 is 1.24 bits per heavy atom. The van der Waals surface area contributed by atoms with Gasteiger partial charge in [-0.1, -0.05) is 0 Å². The molecule has 3 nitrogen and oxygen atoms in total. The van der Waals surface area contributed by atoms with Gasteiger partial charge in [0.05, 0.1) is 11.8 Å². The molecule has 0 atom stereocenters. The zero-order valence-electron chi connectivity index (χ0n) is 8.34. The van der Waals surface area contributed by atoms with Crippen molar-refractivity contribution in [3.8, 4) is 0 Å². The summed E-state index contributed by atoms with van der Waals surface area (Å²) >= 11 is 3.03. The van der Waals surface area contributed by atoms with E-state index in [4.69, 9.17) is 4.42 Å². The Kier molecular flexibility index (Phi) is 3.23. The molecule has 0 aliphatic rings. The SMILES string of the molecule is O=C(Nc1cc(F)cc(F)c1)c1ccoc1Br. The number of furan rings is 1. The highest BCUT2D eigenvalue weighted by Crippen LogP contribution is 2.20. The van der Waals surface area contributed by atoms with E-state index in [2.05, 4.69) is 21.2 Å². The number of nitrogens with one attached hydrogen (secondary N) is 1. The summed E-state index contributed by atoms with van der Waals surface area (Å²) in [5.41, 5.74) is 0.287. The van der Waals surface area contributed by atoms with Gasteiger partial charge in [0, 0.05) is 11.8 Å². The van der Waals surface area contributed by atoms with E-state index in [1.807, 2.05) is 0 Å². The number of rotatable bonds is 2. The van der Waals surface area contributed by atoms with Crippen molar-refractivity contribution in [2.24, 2.45) is 0 Å². The summed E-state index contributed by atoms with van der Waals surface area (Å²) in [6.07, 6.45) is 1.32. The Morgan fingerprint density at radius 2 is 1.88 bits per heavy atom. The van der Waals surface area contributed by atoms with Crippen LogP contribution >= 0.6 is 15.9 Å². The fourth-order valence-corrected chi connectivity index (χ4v) is 1.70. The van der Waals surface area contributed by atoms with Crippen LogP contribution in [0.1, 0.15) is 10.4 Å². The van der Waals surface area contributed by atoms with Crippen LogP contribution in [-0.4, -0.2) is 5.91 Å². The first-order valence-corrected chi connectivity index (χ1v) is 5.36. The topological polar surface area (TPSA) is 42.2 Å². The van der Waals surface area contributed by atoms with E-state index in [0.29, 0.717) is 0 Å². The Labute approximate surface area is 104 Å². The Bertz CT molecular complexity index is 548. The molecule has 0 saturated carbocycles. The maximum Gasteiger partial charge on any atom is 0.260 e. The molecule has 1 N–H and O–H groups in total. The lowest BCUT2D eigenvalue weighted by Crippen LogP contribution is -2.11. The smallest absolute Gasteiger partial charge is 0.260 e. The summed E-state index contributed by atoms with van der Waals surface area (Å²) in [5.74, 6) is -2.03. The molecule has 0 spiro atoms. The van der Waals surface area contributed by atoms with Crippen molar-refractivity contribution in [2.45, 2.75) is 0 Å². The van der Waals surface area contributed by atoms with Crippen molar-refractivity contribution >= 4 is 27.5 Å². The first-order valence-electron chi connectivity index (χ1n) is 4.56. The van der Waals surface area contributed by atoms with E-state index in [1.54, 1.807) is 0 Å². The molecule has 0 aliphatic carbocycles. The standard InChI is InChI=1S/C11H6BrF2NO2/c12-10-9(1-2-17-10)11(16)15-8-4-6(13)3-7(14)5-8/h1-5H,(H,15,16). The highest BCUT2D eigenvalue weighted by molar-refractivity contribution is 9.10. The summed E-state index contributed by atoms with van der Waals surface area (Å²) in [4.78, 5) is 11.7. The number of carbonyl (C=O) groups excluding carboxylic acids is 1. The summed E-state index contributed by atoms with van der Waals surface area (Å²) in [5, 5.41) is 2.36. The van der Waals surface area contributed by atoms with E-state index in [-0.39, 0.29) is 15.9 Å². The second kappa shape index (κ2) is 4.67. The number of amides is 1. The molecule has 1 amide bonds. The molecule has 0 radical (unpaired) electrons. The van der Waals surface area contributed by atoms with Gasteiger partial charge in [0.2, 0.25) is 0 Å². The van der Waals surface area contributed by atoms with Crippen molar-refractivity contribution in [3.63, 3.8) is 0 Å². The van der Waals surface area contributed by atoms with E-state index >= 15 is 0 Å². The number of anilines is 1. The predicted molar refractivity (Wildman–Crippen MR) is 60.7 cm³/mol. The monoisotopic (exact) mass is 301 g/mol. The zero-order chi connectivity index (χ0) is 12.4. The lowest BCUT2D eigenvalue weighted by Gasteiger charge is -2.04. The van der Waals surface area contributed by atoms with Crippen LogP contribution in [0.4, 0.5) is 14.5 Å². The highest BCUT2D eigenvalue weighted by Gasteiger charge is 2.13. The molecule has 1 aromatic carbocycles. The fraction of sp³-hybridized carbons (Fsp3) is 0. The zero-order valence-corrected chi connectivity index (χ0v) is 9.92. The summed E-state index contributed by atoms with van der Waals surface area (Å²) < 4.78 is 30.9. The first-order chi connectivity index (χ1) is 8.06. The number of hydrogen-bond acceptors (Lipinski definition) is 2. The molecule has 1 aromatic heterocycles. The molecule has 0 unspecified atom stereocenters.